The average Bonchev–Trinajstić information content (AvgIpc) is 2.76. The van der Waals surface area contributed by atoms with Crippen molar-refractivity contribution in [3.8, 4) is 11.8 Å². The molecule has 9 nitrogen and oxygen atoms in total. The minimum absolute atomic E-state index is 0.289. The van der Waals surface area contributed by atoms with Gasteiger partial charge in [0.05, 0.1) is 12.3 Å². The molecule has 1 amide bonds. The maximum atomic E-state index is 12.1. The van der Waals surface area contributed by atoms with Gasteiger partial charge in [0.15, 0.2) is 11.5 Å². The first-order chi connectivity index (χ1) is 14.2. The van der Waals surface area contributed by atoms with Crippen LogP contribution in [0.1, 0.15) is 12.6 Å². The van der Waals surface area contributed by atoms with Crippen LogP contribution >= 0.6 is 0 Å². The average molecular weight is 396 g/mol. The smallest absolute Gasteiger partial charge is 0.411 e. The molecule has 1 N–H and O–H groups in total. The van der Waals surface area contributed by atoms with E-state index < -0.39 is 6.09 Å². The molecule has 1 saturated heterocycles. The lowest BCUT2D eigenvalue weighted by molar-refractivity contribution is 0.137. The first kappa shape index (κ1) is 20.4. The highest BCUT2D eigenvalue weighted by molar-refractivity contribution is 5.86. The van der Waals surface area contributed by atoms with Crippen LogP contribution in [-0.4, -0.2) is 66.9 Å². The normalized spacial score (nSPS) is 14.1. The fourth-order valence-corrected chi connectivity index (χ4v) is 3.09. The first-order valence-electron chi connectivity index (χ1n) is 9.55. The molecular formula is C20H24N6O3. The molecule has 1 aromatic carbocycles. The van der Waals surface area contributed by atoms with Gasteiger partial charge in [-0.05, 0) is 19.1 Å². The largest absolute Gasteiger partial charge is 0.492 e. The Morgan fingerprint density at radius 2 is 1.97 bits per heavy atom. The van der Waals surface area contributed by atoms with Gasteiger partial charge in [-0.25, -0.2) is 14.8 Å². The van der Waals surface area contributed by atoms with E-state index in [2.05, 4.69) is 31.2 Å². The van der Waals surface area contributed by atoms with Gasteiger partial charge in [-0.2, -0.15) is 5.26 Å². The lowest BCUT2D eigenvalue weighted by atomic mass is 10.3. The van der Waals surface area contributed by atoms with Gasteiger partial charge < -0.3 is 14.4 Å². The molecule has 152 valence electrons. The van der Waals surface area contributed by atoms with Gasteiger partial charge in [-0.3, -0.25) is 10.2 Å². The number of carbonyl (C=O) groups excluding carboxylic acids is 1. The monoisotopic (exact) mass is 396 g/mol. The molecule has 0 spiro atoms. The fraction of sp³-hybridized carbons (Fsp3) is 0.400. The van der Waals surface area contributed by atoms with Crippen LogP contribution in [0.15, 0.2) is 36.7 Å². The molecule has 9 heteroatoms. The summed E-state index contributed by atoms with van der Waals surface area (Å²) in [6.45, 7) is 6.39. The van der Waals surface area contributed by atoms with E-state index in [1.807, 2.05) is 19.1 Å². The number of nitriles is 1. The van der Waals surface area contributed by atoms with Crippen molar-refractivity contribution in [1.82, 2.24) is 14.9 Å². The molecule has 29 heavy (non-hydrogen) atoms. The number of anilines is 2. The highest BCUT2D eigenvalue weighted by Gasteiger charge is 2.20. The zero-order valence-electron chi connectivity index (χ0n) is 16.4. The molecule has 0 aliphatic carbocycles. The number of amides is 1. The number of hydrogen-bond acceptors (Lipinski definition) is 8. The lowest BCUT2D eigenvalue weighted by Crippen LogP contribution is -2.48. The summed E-state index contributed by atoms with van der Waals surface area (Å²) >= 11 is 0. The highest BCUT2D eigenvalue weighted by atomic mass is 16.5. The number of nitrogens with zero attached hydrogens (tertiary/aromatic N) is 5. The summed E-state index contributed by atoms with van der Waals surface area (Å²) in [5.41, 5.74) is 0.929. The minimum Gasteiger partial charge on any atom is -0.492 e. The molecule has 2 heterocycles. The Hall–Kier alpha value is -3.38. The molecule has 1 aliphatic rings. The number of rotatable bonds is 7. The third-order valence-corrected chi connectivity index (χ3v) is 4.52. The van der Waals surface area contributed by atoms with E-state index in [0.29, 0.717) is 36.1 Å². The van der Waals surface area contributed by atoms with Crippen LogP contribution in [0.5, 0.6) is 5.75 Å². The van der Waals surface area contributed by atoms with Crippen molar-refractivity contribution in [3.05, 3.63) is 42.4 Å². The van der Waals surface area contributed by atoms with Crippen molar-refractivity contribution >= 4 is 17.6 Å². The predicted octanol–water partition coefficient (Wildman–Crippen LogP) is 2.12. The Morgan fingerprint density at radius 3 is 2.72 bits per heavy atom. The topological polar surface area (TPSA) is 104 Å². The van der Waals surface area contributed by atoms with E-state index in [0.717, 1.165) is 26.2 Å². The van der Waals surface area contributed by atoms with Gasteiger partial charge in [0, 0.05) is 45.1 Å². The van der Waals surface area contributed by atoms with Gasteiger partial charge in [-0.1, -0.05) is 12.1 Å². The molecule has 2 aromatic rings. The molecule has 3 rings (SSSR count). The molecular weight excluding hydrogens is 372 g/mol. The maximum absolute atomic E-state index is 12.1. The number of hydrogen-bond donors (Lipinski definition) is 1. The summed E-state index contributed by atoms with van der Waals surface area (Å²) < 4.78 is 10.8. The number of benzene rings is 1. The Balaban J connectivity index is 1.41. The van der Waals surface area contributed by atoms with Gasteiger partial charge in [-0.15, -0.1) is 0 Å². The van der Waals surface area contributed by atoms with Gasteiger partial charge in [0.2, 0.25) is 0 Å². The summed E-state index contributed by atoms with van der Waals surface area (Å²) in [5, 5.41) is 11.9. The second kappa shape index (κ2) is 10.2. The van der Waals surface area contributed by atoms with Crippen molar-refractivity contribution in [3.63, 3.8) is 0 Å². The Kier molecular flexibility index (Phi) is 7.19. The van der Waals surface area contributed by atoms with Gasteiger partial charge >= 0.3 is 6.09 Å². The van der Waals surface area contributed by atoms with E-state index in [1.165, 1.54) is 6.20 Å². The molecule has 0 saturated carbocycles. The van der Waals surface area contributed by atoms with Crippen molar-refractivity contribution in [2.75, 3.05) is 56.2 Å². The predicted molar refractivity (Wildman–Crippen MR) is 108 cm³/mol. The van der Waals surface area contributed by atoms with E-state index >= 15 is 0 Å². The van der Waals surface area contributed by atoms with Crippen LogP contribution in [0.2, 0.25) is 0 Å². The molecule has 0 atom stereocenters. The van der Waals surface area contributed by atoms with Crippen molar-refractivity contribution in [2.45, 2.75) is 6.92 Å². The van der Waals surface area contributed by atoms with Crippen LogP contribution in [0.3, 0.4) is 0 Å². The highest BCUT2D eigenvalue weighted by Crippen LogP contribution is 2.23. The van der Waals surface area contributed by atoms with E-state index in [9.17, 15) is 10.1 Å². The summed E-state index contributed by atoms with van der Waals surface area (Å²) in [4.78, 5) is 24.7. The SMILES string of the molecule is CCOc1ccccc1NC(=O)OCCN1CCN(c2nccnc2C#N)CC1. The van der Waals surface area contributed by atoms with Crippen molar-refractivity contribution in [2.24, 2.45) is 0 Å². The van der Waals surface area contributed by atoms with Gasteiger partial charge in [0.25, 0.3) is 0 Å². The van der Waals surface area contributed by atoms with Crippen LogP contribution in [0.25, 0.3) is 0 Å². The zero-order valence-corrected chi connectivity index (χ0v) is 16.4. The standard InChI is InChI=1S/C20H24N6O3/c1-2-28-18-6-4-3-5-16(18)24-20(27)29-14-13-25-9-11-26(12-10-25)19-17(15-21)22-7-8-23-19/h3-8H,2,9-14H2,1H3,(H,24,27). The molecule has 0 unspecified atom stereocenters. The minimum atomic E-state index is -0.506. The number of piperazine rings is 1. The number of ether oxygens (including phenoxy) is 2. The quantitative estimate of drug-likeness (QED) is 0.759. The number of carbonyl (C=O) groups is 1. The van der Waals surface area contributed by atoms with Crippen LogP contribution in [0.4, 0.5) is 16.3 Å². The Morgan fingerprint density at radius 1 is 1.21 bits per heavy atom. The molecule has 0 bridgehead atoms. The lowest BCUT2D eigenvalue weighted by Gasteiger charge is -2.35. The van der Waals surface area contributed by atoms with Crippen LogP contribution < -0.4 is 15.0 Å². The summed E-state index contributed by atoms with van der Waals surface area (Å²) in [5.74, 6) is 1.24. The number of aromatic nitrogens is 2. The third kappa shape index (κ3) is 5.56. The molecule has 1 aliphatic heterocycles. The molecule has 0 radical (unpaired) electrons. The molecule has 1 aromatic heterocycles. The Labute approximate surface area is 169 Å². The zero-order chi connectivity index (χ0) is 20.5. The van der Waals surface area contributed by atoms with Gasteiger partial charge in [0.1, 0.15) is 18.4 Å². The van der Waals surface area contributed by atoms with Crippen molar-refractivity contribution < 1.29 is 14.3 Å². The van der Waals surface area contributed by atoms with Crippen LogP contribution in [-0.2, 0) is 4.74 Å². The van der Waals surface area contributed by atoms with E-state index in [1.54, 1.807) is 18.3 Å². The fourth-order valence-electron chi connectivity index (χ4n) is 3.09. The first-order valence-corrected chi connectivity index (χ1v) is 9.55. The van der Waals surface area contributed by atoms with Crippen LogP contribution in [0, 0.1) is 11.3 Å². The van der Waals surface area contributed by atoms with Crippen molar-refractivity contribution in [1.29, 1.82) is 5.26 Å². The second-order valence-corrected chi connectivity index (χ2v) is 6.36. The second-order valence-electron chi connectivity index (χ2n) is 6.36. The Bertz CT molecular complexity index is 861. The molecule has 1 fully saturated rings. The summed E-state index contributed by atoms with van der Waals surface area (Å²) in [6.07, 6.45) is 2.61. The van der Waals surface area contributed by atoms with E-state index in [-0.39, 0.29) is 6.61 Å². The maximum Gasteiger partial charge on any atom is 0.411 e. The number of para-hydroxylation sites is 2. The van der Waals surface area contributed by atoms with E-state index in [4.69, 9.17) is 9.47 Å². The summed E-state index contributed by atoms with van der Waals surface area (Å²) in [7, 11) is 0. The third-order valence-electron chi connectivity index (χ3n) is 4.52. The summed E-state index contributed by atoms with van der Waals surface area (Å²) in [6, 6.07) is 9.33. The number of nitrogens with one attached hydrogen (secondary N) is 1.